The molecule has 9 heteroatoms. The molecule has 0 aromatic heterocycles. The van der Waals surface area contributed by atoms with Crippen molar-refractivity contribution < 1.29 is 22.8 Å². The van der Waals surface area contributed by atoms with E-state index in [1.807, 2.05) is 7.05 Å². The summed E-state index contributed by atoms with van der Waals surface area (Å²) in [4.78, 5) is 27.5. The highest BCUT2D eigenvalue weighted by molar-refractivity contribution is 5.82. The van der Waals surface area contributed by atoms with Gasteiger partial charge in [-0.15, -0.1) is 0 Å². The standard InChI is InChI=1S/C13H21F3N4O2/c1-17-9-3-5-19(7-9)12(22)20-6-4-10(8-20)18(2)11(21)13(14,15)16/h9-10,17H,3-8H2,1-2H3/t9-,10+/m0/s1. The third kappa shape index (κ3) is 3.45. The lowest BCUT2D eigenvalue weighted by Crippen LogP contribution is -2.47. The summed E-state index contributed by atoms with van der Waals surface area (Å²) in [5.41, 5.74) is 0. The minimum absolute atomic E-state index is 0.151. The Kier molecular flexibility index (Phi) is 4.84. The fraction of sp³-hybridized carbons (Fsp3) is 0.846. The van der Waals surface area contributed by atoms with Crippen LogP contribution in [0.4, 0.5) is 18.0 Å². The summed E-state index contributed by atoms with van der Waals surface area (Å²) in [6.07, 6.45) is -3.64. The van der Waals surface area contributed by atoms with Crippen molar-refractivity contribution in [3.8, 4) is 0 Å². The highest BCUT2D eigenvalue weighted by atomic mass is 19.4. The first-order chi connectivity index (χ1) is 10.2. The molecule has 0 aromatic rings. The minimum Gasteiger partial charge on any atom is -0.333 e. The quantitative estimate of drug-likeness (QED) is 0.805. The summed E-state index contributed by atoms with van der Waals surface area (Å²) in [7, 11) is 2.98. The lowest BCUT2D eigenvalue weighted by molar-refractivity contribution is -0.185. The predicted molar refractivity (Wildman–Crippen MR) is 73.2 cm³/mol. The Bertz CT molecular complexity index is 443. The maximum Gasteiger partial charge on any atom is 0.471 e. The van der Waals surface area contributed by atoms with E-state index in [1.165, 1.54) is 4.90 Å². The molecule has 2 saturated heterocycles. The number of alkyl halides is 3. The Labute approximate surface area is 127 Å². The van der Waals surface area contributed by atoms with Crippen LogP contribution >= 0.6 is 0 Å². The maximum absolute atomic E-state index is 12.4. The van der Waals surface area contributed by atoms with Crippen molar-refractivity contribution in [3.63, 3.8) is 0 Å². The van der Waals surface area contributed by atoms with Crippen LogP contribution in [0.15, 0.2) is 0 Å². The van der Waals surface area contributed by atoms with Crippen molar-refractivity contribution in [2.24, 2.45) is 0 Å². The Balaban J connectivity index is 1.90. The van der Waals surface area contributed by atoms with Gasteiger partial charge in [-0.3, -0.25) is 4.79 Å². The van der Waals surface area contributed by atoms with E-state index in [-0.39, 0.29) is 18.6 Å². The van der Waals surface area contributed by atoms with Gasteiger partial charge in [-0.05, 0) is 19.9 Å². The first-order valence-corrected chi connectivity index (χ1v) is 7.29. The molecule has 0 aromatic carbocycles. The van der Waals surface area contributed by atoms with Crippen molar-refractivity contribution >= 4 is 11.9 Å². The number of hydrogen-bond acceptors (Lipinski definition) is 3. The van der Waals surface area contributed by atoms with Gasteiger partial charge in [0.1, 0.15) is 0 Å². The van der Waals surface area contributed by atoms with Crippen LogP contribution in [0.2, 0.25) is 0 Å². The van der Waals surface area contributed by atoms with Crippen LogP contribution in [0, 0.1) is 0 Å². The van der Waals surface area contributed by atoms with Crippen LogP contribution in [-0.2, 0) is 4.79 Å². The maximum atomic E-state index is 12.4. The summed E-state index contributed by atoms with van der Waals surface area (Å²) in [6.45, 7) is 1.77. The smallest absolute Gasteiger partial charge is 0.333 e. The predicted octanol–water partition coefficient (Wildman–Crippen LogP) is 0.495. The second kappa shape index (κ2) is 6.31. The Morgan fingerprint density at radius 1 is 1.14 bits per heavy atom. The number of likely N-dealkylation sites (tertiary alicyclic amines) is 2. The molecular weight excluding hydrogens is 301 g/mol. The highest BCUT2D eigenvalue weighted by Crippen LogP contribution is 2.23. The topological polar surface area (TPSA) is 55.9 Å². The molecule has 2 aliphatic rings. The first-order valence-electron chi connectivity index (χ1n) is 7.29. The summed E-state index contributed by atoms with van der Waals surface area (Å²) in [5.74, 6) is -1.86. The van der Waals surface area contributed by atoms with Gasteiger partial charge in [0.25, 0.3) is 0 Å². The van der Waals surface area contributed by atoms with Crippen molar-refractivity contribution in [3.05, 3.63) is 0 Å². The summed E-state index contributed by atoms with van der Waals surface area (Å²) >= 11 is 0. The van der Waals surface area contributed by atoms with E-state index in [9.17, 15) is 22.8 Å². The van der Waals surface area contributed by atoms with Crippen molar-refractivity contribution in [2.75, 3.05) is 40.3 Å². The zero-order valence-electron chi connectivity index (χ0n) is 12.7. The number of likely N-dealkylation sites (N-methyl/N-ethyl adjacent to an activating group) is 2. The molecule has 0 saturated carbocycles. The van der Waals surface area contributed by atoms with Gasteiger partial charge < -0.3 is 20.0 Å². The second-order valence-electron chi connectivity index (χ2n) is 5.81. The molecule has 22 heavy (non-hydrogen) atoms. The lowest BCUT2D eigenvalue weighted by Gasteiger charge is -2.27. The summed E-state index contributed by atoms with van der Waals surface area (Å²) < 4.78 is 37.3. The third-order valence-electron chi connectivity index (χ3n) is 4.41. The van der Waals surface area contributed by atoms with Gasteiger partial charge in [0.05, 0.1) is 6.04 Å². The third-order valence-corrected chi connectivity index (χ3v) is 4.41. The van der Waals surface area contributed by atoms with Crippen molar-refractivity contribution in [1.82, 2.24) is 20.0 Å². The summed E-state index contributed by atoms with van der Waals surface area (Å²) in [6, 6.07) is -0.481. The van der Waals surface area contributed by atoms with E-state index in [0.717, 1.165) is 13.5 Å². The molecule has 0 spiro atoms. The fourth-order valence-corrected chi connectivity index (χ4v) is 2.97. The molecule has 0 bridgehead atoms. The molecule has 0 aliphatic carbocycles. The van der Waals surface area contributed by atoms with Crippen LogP contribution in [0.5, 0.6) is 0 Å². The van der Waals surface area contributed by atoms with Gasteiger partial charge in [-0.1, -0.05) is 0 Å². The SMILES string of the molecule is CN[C@H]1CCN(C(=O)N2CC[C@@H](N(C)C(=O)C(F)(F)F)C2)C1. The number of nitrogens with zero attached hydrogens (tertiary/aromatic N) is 3. The molecule has 3 amide bonds. The molecule has 0 unspecified atom stereocenters. The largest absolute Gasteiger partial charge is 0.471 e. The second-order valence-corrected chi connectivity index (χ2v) is 5.81. The number of amides is 3. The van der Waals surface area contributed by atoms with Crippen LogP contribution in [0.3, 0.4) is 0 Å². The average Bonchev–Trinajstić information content (AvgIpc) is 3.12. The van der Waals surface area contributed by atoms with E-state index < -0.39 is 18.1 Å². The zero-order chi connectivity index (χ0) is 16.5. The number of urea groups is 1. The molecule has 2 rings (SSSR count). The molecule has 6 nitrogen and oxygen atoms in total. The zero-order valence-corrected chi connectivity index (χ0v) is 12.7. The van der Waals surface area contributed by atoms with Gasteiger partial charge in [-0.25, -0.2) is 4.79 Å². The van der Waals surface area contributed by atoms with Crippen LogP contribution in [0.1, 0.15) is 12.8 Å². The van der Waals surface area contributed by atoms with Crippen LogP contribution in [-0.4, -0.2) is 85.2 Å². The van der Waals surface area contributed by atoms with Crippen LogP contribution in [0.25, 0.3) is 0 Å². The van der Waals surface area contributed by atoms with Crippen molar-refractivity contribution in [1.29, 1.82) is 0 Å². The van der Waals surface area contributed by atoms with Gasteiger partial charge in [-0.2, -0.15) is 13.2 Å². The normalized spacial score (nSPS) is 25.7. The van der Waals surface area contributed by atoms with E-state index >= 15 is 0 Å². The molecule has 1 N–H and O–H groups in total. The van der Waals surface area contributed by atoms with E-state index in [2.05, 4.69) is 5.32 Å². The highest BCUT2D eigenvalue weighted by Gasteiger charge is 2.45. The molecule has 0 radical (unpaired) electrons. The minimum atomic E-state index is -4.87. The van der Waals surface area contributed by atoms with Gasteiger partial charge in [0.15, 0.2) is 0 Å². The monoisotopic (exact) mass is 322 g/mol. The number of nitrogens with one attached hydrogen (secondary N) is 1. The van der Waals surface area contributed by atoms with E-state index in [0.29, 0.717) is 31.0 Å². The molecule has 2 fully saturated rings. The number of rotatable bonds is 2. The van der Waals surface area contributed by atoms with Gasteiger partial charge in [0.2, 0.25) is 0 Å². The number of carbonyl (C=O) groups excluding carboxylic acids is 2. The molecule has 2 aliphatic heterocycles. The van der Waals surface area contributed by atoms with Crippen molar-refractivity contribution in [2.45, 2.75) is 31.1 Å². The first kappa shape index (κ1) is 16.9. The number of carbonyl (C=O) groups is 2. The average molecular weight is 322 g/mol. The summed E-state index contributed by atoms with van der Waals surface area (Å²) in [5, 5.41) is 3.11. The van der Waals surface area contributed by atoms with E-state index in [1.54, 1.807) is 4.90 Å². The molecular formula is C13H21F3N4O2. The van der Waals surface area contributed by atoms with Gasteiger partial charge in [0, 0.05) is 39.3 Å². The lowest BCUT2D eigenvalue weighted by atomic mass is 10.2. The Morgan fingerprint density at radius 3 is 2.27 bits per heavy atom. The molecule has 2 atom stereocenters. The van der Waals surface area contributed by atoms with E-state index in [4.69, 9.17) is 0 Å². The van der Waals surface area contributed by atoms with Gasteiger partial charge >= 0.3 is 18.1 Å². The van der Waals surface area contributed by atoms with Crippen LogP contribution < -0.4 is 5.32 Å². The number of halogens is 3. The fourth-order valence-electron chi connectivity index (χ4n) is 2.97. The molecule has 2 heterocycles. The Hall–Kier alpha value is -1.51. The number of hydrogen-bond donors (Lipinski definition) is 1. The molecule has 126 valence electrons. The Morgan fingerprint density at radius 2 is 1.73 bits per heavy atom.